The maximum absolute atomic E-state index is 10.7. The summed E-state index contributed by atoms with van der Waals surface area (Å²) in [6.45, 7) is 1.52. The second-order valence-electron chi connectivity index (χ2n) is 2.74. The molecule has 2 unspecified atom stereocenters. The number of hydrogen-bond donors (Lipinski definition) is 3. The minimum absolute atomic E-state index is 0.121. The molecule has 0 aromatic carbocycles. The largest absolute Gasteiger partial charge is 0.480 e. The third-order valence-corrected chi connectivity index (χ3v) is 2.98. The minimum atomic E-state index is -2.78. The first-order chi connectivity index (χ1) is 6.31. The average molecular weight is 222 g/mol. The van der Waals surface area contributed by atoms with E-state index in [1.54, 1.807) is 0 Å². The van der Waals surface area contributed by atoms with E-state index < -0.39 is 29.0 Å². The lowest BCUT2D eigenvalue weighted by molar-refractivity contribution is -0.175. The van der Waals surface area contributed by atoms with Gasteiger partial charge in [0.25, 0.3) is 5.41 Å². The van der Waals surface area contributed by atoms with Gasteiger partial charge < -0.3 is 15.3 Å². The van der Waals surface area contributed by atoms with Gasteiger partial charge in [-0.25, -0.2) is 0 Å². The molecule has 0 rings (SSSR count). The molecule has 80 valence electrons. The Balaban J connectivity index is 5.50. The Bertz CT molecular complexity index is 237. The highest BCUT2D eigenvalue weighted by molar-refractivity contribution is 7.18. The molecule has 0 saturated carbocycles. The van der Waals surface area contributed by atoms with Crippen LogP contribution in [0.15, 0.2) is 0 Å². The van der Waals surface area contributed by atoms with Gasteiger partial charge >= 0.3 is 17.9 Å². The van der Waals surface area contributed by atoms with Crippen LogP contribution >= 0.6 is 9.24 Å². The van der Waals surface area contributed by atoms with Gasteiger partial charge in [-0.05, 0) is 6.42 Å². The first kappa shape index (κ1) is 12.8. The van der Waals surface area contributed by atoms with E-state index in [1.807, 2.05) is 9.24 Å². The third kappa shape index (κ3) is 1.70. The monoisotopic (exact) mass is 222 g/mol. The Hall–Kier alpha value is -1.16. The smallest absolute Gasteiger partial charge is 0.333 e. The van der Waals surface area contributed by atoms with Crippen molar-refractivity contribution >= 4 is 27.1 Å². The Morgan fingerprint density at radius 1 is 1.14 bits per heavy atom. The first-order valence-electron chi connectivity index (χ1n) is 3.77. The highest BCUT2D eigenvalue weighted by Gasteiger charge is 2.58. The Labute approximate surface area is 82.1 Å². The third-order valence-electron chi connectivity index (χ3n) is 2.01. The molecule has 0 aliphatic rings. The summed E-state index contributed by atoms with van der Waals surface area (Å²) < 4.78 is 0. The Morgan fingerprint density at radius 2 is 1.43 bits per heavy atom. The van der Waals surface area contributed by atoms with Crippen LogP contribution < -0.4 is 0 Å². The van der Waals surface area contributed by atoms with Crippen LogP contribution in [0.4, 0.5) is 0 Å². The molecule has 0 aromatic heterocycles. The topological polar surface area (TPSA) is 112 Å². The van der Waals surface area contributed by atoms with Gasteiger partial charge in [0.2, 0.25) is 0 Å². The predicted molar refractivity (Wildman–Crippen MR) is 49.1 cm³/mol. The highest BCUT2D eigenvalue weighted by Crippen LogP contribution is 2.32. The zero-order chi connectivity index (χ0) is 11.5. The molecule has 14 heavy (non-hydrogen) atoms. The summed E-state index contributed by atoms with van der Waals surface area (Å²) in [4.78, 5) is 32.2. The van der Waals surface area contributed by atoms with Crippen molar-refractivity contribution in [3.8, 4) is 0 Å². The van der Waals surface area contributed by atoms with Crippen LogP contribution in [0.25, 0.3) is 0 Å². The molecule has 0 fully saturated rings. The summed E-state index contributed by atoms with van der Waals surface area (Å²) in [5.74, 6) is -5.59. The van der Waals surface area contributed by atoms with E-state index in [1.165, 1.54) is 6.92 Å². The zero-order valence-corrected chi connectivity index (χ0v) is 8.58. The van der Waals surface area contributed by atoms with Gasteiger partial charge in [-0.3, -0.25) is 14.4 Å². The van der Waals surface area contributed by atoms with Crippen LogP contribution in [0.1, 0.15) is 13.3 Å². The van der Waals surface area contributed by atoms with E-state index in [2.05, 4.69) is 0 Å². The predicted octanol–water partition coefficient (Wildman–Crippen LogP) is -0.120. The molecule has 0 aromatic rings. The molecule has 0 radical (unpaired) electrons. The van der Waals surface area contributed by atoms with Crippen molar-refractivity contribution in [3.63, 3.8) is 0 Å². The quantitative estimate of drug-likeness (QED) is 0.441. The second kappa shape index (κ2) is 4.37. The van der Waals surface area contributed by atoms with Crippen LogP contribution in [0, 0.1) is 5.41 Å². The van der Waals surface area contributed by atoms with Gasteiger partial charge in [-0.15, -0.1) is 9.24 Å². The lowest BCUT2D eigenvalue weighted by Gasteiger charge is -2.25. The first-order valence-corrected chi connectivity index (χ1v) is 4.44. The van der Waals surface area contributed by atoms with E-state index in [-0.39, 0.29) is 6.42 Å². The Morgan fingerprint density at radius 3 is 1.50 bits per heavy atom. The summed E-state index contributed by atoms with van der Waals surface area (Å²) in [6.07, 6.45) is 0.121. The molecule has 0 bridgehead atoms. The lowest BCUT2D eigenvalue weighted by Crippen LogP contribution is -2.52. The zero-order valence-electron chi connectivity index (χ0n) is 7.43. The van der Waals surface area contributed by atoms with Gasteiger partial charge in [-0.1, -0.05) is 6.92 Å². The minimum Gasteiger partial charge on any atom is -0.480 e. The SMILES string of the molecule is CCC(P)C(C(=O)O)(C(=O)O)C(=O)O. The van der Waals surface area contributed by atoms with Gasteiger partial charge in [0.05, 0.1) is 0 Å². The van der Waals surface area contributed by atoms with E-state index in [4.69, 9.17) is 15.3 Å². The number of carboxylic acids is 3. The molecular formula is C7H11O6P. The van der Waals surface area contributed by atoms with Crippen molar-refractivity contribution in [1.82, 2.24) is 0 Å². The van der Waals surface area contributed by atoms with Crippen molar-refractivity contribution in [2.24, 2.45) is 5.41 Å². The van der Waals surface area contributed by atoms with Crippen molar-refractivity contribution in [1.29, 1.82) is 0 Å². The van der Waals surface area contributed by atoms with E-state index >= 15 is 0 Å². The fourth-order valence-corrected chi connectivity index (χ4v) is 1.48. The summed E-state index contributed by atoms with van der Waals surface area (Å²) in [5, 5.41) is 26.1. The maximum Gasteiger partial charge on any atom is 0.333 e. The molecule has 0 aliphatic heterocycles. The van der Waals surface area contributed by atoms with Crippen LogP contribution in [0.5, 0.6) is 0 Å². The normalized spacial score (nSPS) is 13.3. The molecule has 3 N–H and O–H groups in total. The average Bonchev–Trinajstić information content (AvgIpc) is 2.02. The van der Waals surface area contributed by atoms with Crippen molar-refractivity contribution < 1.29 is 29.7 Å². The van der Waals surface area contributed by atoms with Crippen LogP contribution in [0.2, 0.25) is 0 Å². The lowest BCUT2D eigenvalue weighted by atomic mass is 9.83. The number of hydrogen-bond acceptors (Lipinski definition) is 3. The fraction of sp³-hybridized carbons (Fsp3) is 0.571. The number of aliphatic carboxylic acids is 3. The van der Waals surface area contributed by atoms with Crippen molar-refractivity contribution in [3.05, 3.63) is 0 Å². The van der Waals surface area contributed by atoms with Crippen LogP contribution in [-0.4, -0.2) is 38.9 Å². The molecule has 0 aliphatic carbocycles. The summed E-state index contributed by atoms with van der Waals surface area (Å²) in [5.41, 5.74) is -3.84. The molecule has 2 atom stereocenters. The van der Waals surface area contributed by atoms with Crippen molar-refractivity contribution in [2.45, 2.75) is 19.0 Å². The summed E-state index contributed by atoms with van der Waals surface area (Å²) >= 11 is 0. The molecular weight excluding hydrogens is 211 g/mol. The Kier molecular flexibility index (Phi) is 4.01. The van der Waals surface area contributed by atoms with Gasteiger partial charge in [0, 0.05) is 5.66 Å². The molecule has 6 nitrogen and oxygen atoms in total. The highest BCUT2D eigenvalue weighted by atomic mass is 31.0. The van der Waals surface area contributed by atoms with E-state index in [9.17, 15) is 14.4 Å². The van der Waals surface area contributed by atoms with E-state index in [0.29, 0.717) is 0 Å². The molecule has 7 heteroatoms. The maximum atomic E-state index is 10.7. The second-order valence-corrected chi connectivity index (χ2v) is 3.54. The van der Waals surface area contributed by atoms with Gasteiger partial charge in [0.1, 0.15) is 0 Å². The van der Waals surface area contributed by atoms with E-state index in [0.717, 1.165) is 0 Å². The van der Waals surface area contributed by atoms with Crippen LogP contribution in [-0.2, 0) is 14.4 Å². The fourth-order valence-electron chi connectivity index (χ4n) is 1.06. The number of carbonyl (C=O) groups is 3. The molecule has 0 amide bonds. The van der Waals surface area contributed by atoms with Crippen molar-refractivity contribution in [2.75, 3.05) is 0 Å². The van der Waals surface area contributed by atoms with Gasteiger partial charge in [0.15, 0.2) is 0 Å². The number of carboxylic acid groups (broad SMARTS) is 3. The standard InChI is InChI=1S/C7H11O6P/c1-2-3(14)7(4(8)9,5(10)11)6(12)13/h3H,2,14H2,1H3,(H,8,9)(H,10,11)(H,12,13). The number of rotatable bonds is 5. The van der Waals surface area contributed by atoms with Crippen LogP contribution in [0.3, 0.4) is 0 Å². The summed E-state index contributed by atoms with van der Waals surface area (Å²) in [7, 11) is 1.94. The molecule has 0 heterocycles. The molecule has 0 spiro atoms. The molecule has 0 saturated heterocycles. The summed E-state index contributed by atoms with van der Waals surface area (Å²) in [6, 6.07) is 0. The van der Waals surface area contributed by atoms with Gasteiger partial charge in [-0.2, -0.15) is 0 Å².